The van der Waals surface area contributed by atoms with E-state index in [2.05, 4.69) is 194 Å². The highest BCUT2D eigenvalue weighted by Gasteiger charge is 2.39. The fourth-order valence-electron chi connectivity index (χ4n) is 7.72. The molecule has 0 spiro atoms. The highest BCUT2D eigenvalue weighted by molar-refractivity contribution is 5.86. The molecule has 8 rings (SSSR count). The molecule has 0 aromatic heterocycles. The van der Waals surface area contributed by atoms with Crippen molar-refractivity contribution in [3.8, 4) is 0 Å². The summed E-state index contributed by atoms with van der Waals surface area (Å²) in [5.74, 6) is 0. The van der Waals surface area contributed by atoms with Crippen LogP contribution >= 0.6 is 0 Å². The average Bonchev–Trinajstić information content (AvgIpc) is 3.38. The lowest BCUT2D eigenvalue weighted by Crippen LogP contribution is -2.25. The fraction of sp³-hybridized carbons (Fsp3) is 0.149. The Morgan fingerprint density at radius 3 is 1.73 bits per heavy atom. The maximum absolute atomic E-state index is 2.52. The van der Waals surface area contributed by atoms with Gasteiger partial charge in [0.05, 0.1) is 0 Å². The highest BCUT2D eigenvalue weighted by atomic mass is 15.2. The van der Waals surface area contributed by atoms with Crippen LogP contribution in [0.2, 0.25) is 0 Å². The summed E-state index contributed by atoms with van der Waals surface area (Å²) in [7, 11) is 0. The maximum atomic E-state index is 2.52. The van der Waals surface area contributed by atoms with Crippen molar-refractivity contribution < 1.29 is 0 Å². The Morgan fingerprint density at radius 1 is 0.551 bits per heavy atom. The van der Waals surface area contributed by atoms with Crippen molar-refractivity contribution in [1.82, 2.24) is 0 Å². The van der Waals surface area contributed by atoms with E-state index in [1.165, 1.54) is 50.5 Å². The molecule has 5 aromatic rings. The quantitative estimate of drug-likeness (QED) is 0.157. The number of para-hydroxylation sites is 3. The minimum Gasteiger partial charge on any atom is -0.318 e. The summed E-state index contributed by atoms with van der Waals surface area (Å²) in [6.45, 7) is 4.81. The van der Waals surface area contributed by atoms with Crippen LogP contribution in [0.3, 0.4) is 0 Å². The summed E-state index contributed by atoms with van der Waals surface area (Å²) in [5.41, 5.74) is 15.6. The van der Waals surface area contributed by atoms with E-state index in [0.717, 1.165) is 42.7 Å². The monoisotopic (exact) mass is 634 g/mol. The van der Waals surface area contributed by atoms with Gasteiger partial charge in [0.2, 0.25) is 0 Å². The minimum absolute atomic E-state index is 0.0661. The Labute approximate surface area is 291 Å². The smallest absolute Gasteiger partial charge is 0.0462 e. The second-order valence-corrected chi connectivity index (χ2v) is 13.7. The van der Waals surface area contributed by atoms with E-state index < -0.39 is 0 Å². The molecule has 0 radical (unpaired) electrons. The summed E-state index contributed by atoms with van der Waals surface area (Å²) in [6.07, 6.45) is 18.0. The van der Waals surface area contributed by atoms with E-state index in [1.54, 1.807) is 0 Å². The molecule has 3 aliphatic carbocycles. The number of benzene rings is 5. The molecule has 0 heterocycles. The van der Waals surface area contributed by atoms with Gasteiger partial charge in [0.15, 0.2) is 0 Å². The molecule has 3 aliphatic rings. The Bertz CT molecular complexity index is 2070. The van der Waals surface area contributed by atoms with E-state index in [0.29, 0.717) is 0 Å². The molecule has 0 unspecified atom stereocenters. The normalized spacial score (nSPS) is 16.2. The van der Waals surface area contributed by atoms with Crippen molar-refractivity contribution in [2.75, 3.05) is 9.80 Å². The first-order valence-electron chi connectivity index (χ1n) is 17.5. The zero-order valence-electron chi connectivity index (χ0n) is 28.4. The molecular weight excluding hydrogens is 593 g/mol. The zero-order valence-corrected chi connectivity index (χ0v) is 28.4. The lowest BCUT2D eigenvalue weighted by Gasteiger charge is -2.34. The molecule has 2 nitrogen and oxygen atoms in total. The molecule has 5 aromatic carbocycles. The van der Waals surface area contributed by atoms with E-state index in [9.17, 15) is 0 Å². The third-order valence-electron chi connectivity index (χ3n) is 10.2. The van der Waals surface area contributed by atoms with Crippen molar-refractivity contribution in [2.24, 2.45) is 0 Å². The predicted molar refractivity (Wildman–Crippen MR) is 209 cm³/mol. The summed E-state index contributed by atoms with van der Waals surface area (Å²) >= 11 is 0. The first kappa shape index (κ1) is 30.7. The van der Waals surface area contributed by atoms with E-state index in [-0.39, 0.29) is 5.41 Å². The van der Waals surface area contributed by atoms with Crippen LogP contribution in [0.25, 0.3) is 17.7 Å². The van der Waals surface area contributed by atoms with Gasteiger partial charge in [-0.2, -0.15) is 0 Å². The van der Waals surface area contributed by atoms with E-state index in [1.807, 2.05) is 0 Å². The van der Waals surface area contributed by atoms with Crippen LogP contribution in [0.4, 0.5) is 22.7 Å². The first-order valence-corrected chi connectivity index (χ1v) is 17.5. The Hall–Kier alpha value is -5.60. The molecular formula is C47H42N2. The average molecular weight is 635 g/mol. The highest BCUT2D eigenvalue weighted by Crippen LogP contribution is 2.52. The molecule has 0 bridgehead atoms. The van der Waals surface area contributed by atoms with Gasteiger partial charge in [0.1, 0.15) is 0 Å². The predicted octanol–water partition coefficient (Wildman–Crippen LogP) is 12.8. The number of rotatable bonds is 8. The maximum Gasteiger partial charge on any atom is 0.0462 e. The molecule has 240 valence electrons. The van der Waals surface area contributed by atoms with Crippen LogP contribution in [0, 0.1) is 0 Å². The van der Waals surface area contributed by atoms with Crippen LogP contribution in [-0.4, -0.2) is 0 Å². The summed E-state index contributed by atoms with van der Waals surface area (Å²) in [4.78, 5) is 4.82. The molecule has 49 heavy (non-hydrogen) atoms. The number of fused-ring (bicyclic) bond motifs is 2. The Morgan fingerprint density at radius 2 is 1.12 bits per heavy atom. The molecule has 0 saturated carbocycles. The zero-order chi connectivity index (χ0) is 33.2. The van der Waals surface area contributed by atoms with Gasteiger partial charge in [-0.05, 0) is 120 Å². The van der Waals surface area contributed by atoms with Crippen LogP contribution in [0.15, 0.2) is 175 Å². The number of anilines is 4. The Kier molecular flexibility index (Phi) is 8.23. The van der Waals surface area contributed by atoms with Crippen molar-refractivity contribution in [3.63, 3.8) is 0 Å². The minimum atomic E-state index is -0.0661. The van der Waals surface area contributed by atoms with E-state index >= 15 is 0 Å². The van der Waals surface area contributed by atoms with Crippen LogP contribution in [-0.2, 0) is 5.41 Å². The molecule has 0 atom stereocenters. The summed E-state index contributed by atoms with van der Waals surface area (Å²) in [5, 5.41) is 0. The molecule has 0 fully saturated rings. The van der Waals surface area contributed by atoms with Crippen molar-refractivity contribution >= 4 is 40.5 Å². The summed E-state index contributed by atoms with van der Waals surface area (Å²) in [6, 6.07) is 47.9. The lowest BCUT2D eigenvalue weighted by atomic mass is 9.79. The SMILES string of the molecule is CC1(C)C2=C(CCC(N(C3=CC=CCC3)c3ccccc3)=C2)c2ccc(/C=C/c3ccc(N(c4ccccc4)c4ccccc4)cc3)cc21. The van der Waals surface area contributed by atoms with Crippen LogP contribution < -0.4 is 9.80 Å². The second kappa shape index (κ2) is 13.1. The van der Waals surface area contributed by atoms with Crippen LogP contribution in [0.1, 0.15) is 61.8 Å². The number of hydrogen-bond donors (Lipinski definition) is 0. The summed E-state index contributed by atoms with van der Waals surface area (Å²) < 4.78 is 0. The molecule has 0 amide bonds. The third kappa shape index (κ3) is 6.00. The Balaban J connectivity index is 1.05. The lowest BCUT2D eigenvalue weighted by molar-refractivity contribution is 0.647. The topological polar surface area (TPSA) is 6.48 Å². The first-order chi connectivity index (χ1) is 24.1. The largest absolute Gasteiger partial charge is 0.318 e. The molecule has 0 N–H and O–H groups in total. The van der Waals surface area contributed by atoms with Gasteiger partial charge >= 0.3 is 0 Å². The van der Waals surface area contributed by atoms with Gasteiger partial charge in [-0.1, -0.05) is 123 Å². The van der Waals surface area contributed by atoms with Crippen molar-refractivity contribution in [2.45, 2.75) is 44.9 Å². The van der Waals surface area contributed by atoms with Gasteiger partial charge in [0.25, 0.3) is 0 Å². The van der Waals surface area contributed by atoms with Gasteiger partial charge in [-0.3, -0.25) is 0 Å². The second-order valence-electron chi connectivity index (χ2n) is 13.7. The standard InChI is InChI=1S/C47H42N2/c1-47(2)45-33-36(24-23-35-25-28-41(29-26-35)48(37-15-7-3-8-16-37)38-17-9-4-10-18-38)27-31-43(45)44-32-30-42(34-46(44)47)49(39-19-11-5-12-20-39)40-21-13-6-14-22-40/h3-13,15-21,23-29,31,33-34H,14,22,30,32H2,1-2H3/b24-23+. The van der Waals surface area contributed by atoms with Gasteiger partial charge < -0.3 is 9.80 Å². The van der Waals surface area contributed by atoms with Gasteiger partial charge in [-0.15, -0.1) is 0 Å². The molecule has 0 aliphatic heterocycles. The molecule has 0 saturated heterocycles. The number of allylic oxidation sites excluding steroid dienone is 8. The number of hydrogen-bond acceptors (Lipinski definition) is 2. The third-order valence-corrected chi connectivity index (χ3v) is 10.2. The fourth-order valence-corrected chi connectivity index (χ4v) is 7.72. The van der Waals surface area contributed by atoms with E-state index in [4.69, 9.17) is 0 Å². The van der Waals surface area contributed by atoms with Crippen molar-refractivity contribution in [1.29, 1.82) is 0 Å². The van der Waals surface area contributed by atoms with Gasteiger partial charge in [-0.25, -0.2) is 0 Å². The van der Waals surface area contributed by atoms with Crippen molar-refractivity contribution in [3.05, 3.63) is 197 Å². The van der Waals surface area contributed by atoms with Gasteiger partial charge in [0, 0.05) is 39.6 Å². The van der Waals surface area contributed by atoms with Crippen LogP contribution in [0.5, 0.6) is 0 Å². The molecule has 2 heteroatoms. The number of nitrogens with zero attached hydrogens (tertiary/aromatic N) is 2.